The fourth-order valence-electron chi connectivity index (χ4n) is 2.13. The molecule has 2 amide bonds. The summed E-state index contributed by atoms with van der Waals surface area (Å²) in [5.74, 6) is 0.824. The first kappa shape index (κ1) is 20.8. The van der Waals surface area contributed by atoms with Gasteiger partial charge in [-0.3, -0.25) is 9.59 Å². The highest BCUT2D eigenvalue weighted by Crippen LogP contribution is 2.28. The van der Waals surface area contributed by atoms with Gasteiger partial charge >= 0.3 is 0 Å². The number of nitrogens with zero attached hydrogens (tertiary/aromatic N) is 1. The van der Waals surface area contributed by atoms with E-state index in [1.54, 1.807) is 30.1 Å². The smallest absolute Gasteiger partial charge is 0.257 e. The molecule has 0 spiro atoms. The van der Waals surface area contributed by atoms with E-state index in [-0.39, 0.29) is 24.5 Å². The highest BCUT2D eigenvalue weighted by Gasteiger charge is 2.17. The van der Waals surface area contributed by atoms with Crippen LogP contribution in [-0.2, 0) is 4.79 Å². The van der Waals surface area contributed by atoms with E-state index in [9.17, 15) is 9.59 Å². The maximum atomic E-state index is 12.5. The van der Waals surface area contributed by atoms with Crippen LogP contribution in [0.25, 0.3) is 0 Å². The van der Waals surface area contributed by atoms with Crippen molar-refractivity contribution in [3.8, 4) is 11.5 Å². The molecule has 140 valence electrons. The molecule has 7 heteroatoms. The van der Waals surface area contributed by atoms with Crippen LogP contribution in [0.5, 0.6) is 11.5 Å². The van der Waals surface area contributed by atoms with Crippen LogP contribution in [0.3, 0.4) is 0 Å². The molecule has 1 rings (SSSR count). The van der Waals surface area contributed by atoms with Gasteiger partial charge in [0.25, 0.3) is 11.8 Å². The first-order chi connectivity index (χ1) is 11.8. The first-order valence-electron chi connectivity index (χ1n) is 8.32. The Morgan fingerprint density at radius 1 is 1.28 bits per heavy atom. The van der Waals surface area contributed by atoms with Gasteiger partial charge in [-0.1, -0.05) is 13.8 Å². The maximum Gasteiger partial charge on any atom is 0.257 e. The lowest BCUT2D eigenvalue weighted by Crippen LogP contribution is -2.34. The van der Waals surface area contributed by atoms with Crippen molar-refractivity contribution < 1.29 is 19.1 Å². The SMILES string of the molecule is CNC(=O)COc1ccc(C(=O)N(C)CCC(N)C(C)C)cc1OC. The third-order valence-corrected chi connectivity index (χ3v) is 4.05. The van der Waals surface area contributed by atoms with E-state index in [0.717, 1.165) is 6.42 Å². The minimum Gasteiger partial charge on any atom is -0.493 e. The monoisotopic (exact) mass is 351 g/mol. The number of hydrogen-bond acceptors (Lipinski definition) is 5. The lowest BCUT2D eigenvalue weighted by molar-refractivity contribution is -0.122. The van der Waals surface area contributed by atoms with E-state index in [1.165, 1.54) is 14.2 Å². The number of amides is 2. The van der Waals surface area contributed by atoms with Gasteiger partial charge < -0.3 is 25.4 Å². The van der Waals surface area contributed by atoms with E-state index in [1.807, 2.05) is 0 Å². The van der Waals surface area contributed by atoms with Crippen LogP contribution in [0, 0.1) is 5.92 Å². The molecular formula is C18H29N3O4. The molecule has 3 N–H and O–H groups in total. The number of nitrogens with two attached hydrogens (primary N) is 1. The number of carbonyl (C=O) groups excluding carboxylic acids is 2. The molecule has 0 fully saturated rings. The first-order valence-corrected chi connectivity index (χ1v) is 8.32. The van der Waals surface area contributed by atoms with E-state index in [0.29, 0.717) is 29.5 Å². The summed E-state index contributed by atoms with van der Waals surface area (Å²) >= 11 is 0. The molecule has 25 heavy (non-hydrogen) atoms. The largest absolute Gasteiger partial charge is 0.493 e. The van der Waals surface area contributed by atoms with Crippen molar-refractivity contribution in [2.75, 3.05) is 34.4 Å². The van der Waals surface area contributed by atoms with Crippen molar-refractivity contribution in [3.63, 3.8) is 0 Å². The standard InChI is InChI=1S/C18H29N3O4/c1-12(2)14(19)8-9-21(4)18(23)13-6-7-15(16(10-13)24-5)25-11-17(22)20-3/h6-7,10,12,14H,8-9,11,19H2,1-5H3,(H,20,22). The summed E-state index contributed by atoms with van der Waals surface area (Å²) in [4.78, 5) is 25.5. The van der Waals surface area contributed by atoms with Crippen LogP contribution in [0.2, 0.25) is 0 Å². The number of nitrogens with one attached hydrogen (secondary N) is 1. The summed E-state index contributed by atoms with van der Waals surface area (Å²) in [6, 6.07) is 4.96. The number of benzene rings is 1. The quantitative estimate of drug-likeness (QED) is 0.699. The Morgan fingerprint density at radius 3 is 2.52 bits per heavy atom. The van der Waals surface area contributed by atoms with E-state index in [2.05, 4.69) is 19.2 Å². The molecule has 7 nitrogen and oxygen atoms in total. The third-order valence-electron chi connectivity index (χ3n) is 4.05. The Labute approximate surface area is 149 Å². The Balaban J connectivity index is 2.77. The lowest BCUT2D eigenvalue weighted by atomic mass is 10.0. The van der Waals surface area contributed by atoms with Gasteiger partial charge in [0.2, 0.25) is 0 Å². The maximum absolute atomic E-state index is 12.5. The van der Waals surface area contributed by atoms with Crippen LogP contribution in [0.4, 0.5) is 0 Å². The van der Waals surface area contributed by atoms with Crippen LogP contribution in [0.1, 0.15) is 30.6 Å². The fourth-order valence-corrected chi connectivity index (χ4v) is 2.13. The molecular weight excluding hydrogens is 322 g/mol. The minimum absolute atomic E-state index is 0.0604. The molecule has 0 saturated heterocycles. The zero-order valence-corrected chi connectivity index (χ0v) is 15.7. The Kier molecular flexibility index (Phi) is 8.21. The Morgan fingerprint density at radius 2 is 1.96 bits per heavy atom. The predicted molar refractivity (Wildman–Crippen MR) is 96.9 cm³/mol. The molecule has 0 aliphatic rings. The van der Waals surface area contributed by atoms with E-state index >= 15 is 0 Å². The zero-order valence-electron chi connectivity index (χ0n) is 15.7. The normalized spacial score (nSPS) is 11.8. The molecule has 0 aromatic heterocycles. The van der Waals surface area contributed by atoms with Crippen molar-refractivity contribution in [2.45, 2.75) is 26.3 Å². The van der Waals surface area contributed by atoms with Crippen molar-refractivity contribution in [1.82, 2.24) is 10.2 Å². The summed E-state index contributed by atoms with van der Waals surface area (Å²) in [5.41, 5.74) is 6.52. The van der Waals surface area contributed by atoms with Crippen LogP contribution in [0.15, 0.2) is 18.2 Å². The van der Waals surface area contributed by atoms with Crippen molar-refractivity contribution in [2.24, 2.45) is 11.7 Å². The molecule has 1 aromatic rings. The topological polar surface area (TPSA) is 93.9 Å². The number of likely N-dealkylation sites (N-methyl/N-ethyl adjacent to an activating group) is 1. The number of hydrogen-bond donors (Lipinski definition) is 2. The van der Waals surface area contributed by atoms with Gasteiger partial charge in [0.15, 0.2) is 18.1 Å². The number of carbonyl (C=O) groups is 2. The Bertz CT molecular complexity index is 590. The highest BCUT2D eigenvalue weighted by molar-refractivity contribution is 5.94. The molecule has 0 aliphatic heterocycles. The lowest BCUT2D eigenvalue weighted by Gasteiger charge is -2.22. The molecule has 0 saturated carbocycles. The predicted octanol–water partition coefficient (Wildman–Crippen LogP) is 1.27. The summed E-state index contributed by atoms with van der Waals surface area (Å²) in [5, 5.41) is 2.47. The van der Waals surface area contributed by atoms with Gasteiger partial charge in [-0.15, -0.1) is 0 Å². The average Bonchev–Trinajstić information content (AvgIpc) is 2.62. The molecule has 1 aromatic carbocycles. The Hall–Kier alpha value is -2.28. The number of methoxy groups -OCH3 is 1. The number of ether oxygens (including phenoxy) is 2. The van der Waals surface area contributed by atoms with E-state index < -0.39 is 0 Å². The molecule has 0 heterocycles. The van der Waals surface area contributed by atoms with Gasteiger partial charge in [-0.25, -0.2) is 0 Å². The van der Waals surface area contributed by atoms with Gasteiger partial charge in [0.1, 0.15) is 0 Å². The molecule has 1 unspecified atom stereocenters. The zero-order chi connectivity index (χ0) is 19.0. The van der Waals surface area contributed by atoms with Crippen LogP contribution < -0.4 is 20.5 Å². The van der Waals surface area contributed by atoms with Crippen LogP contribution in [-0.4, -0.2) is 57.1 Å². The summed E-state index contributed by atoms with van der Waals surface area (Å²) in [7, 11) is 4.77. The summed E-state index contributed by atoms with van der Waals surface area (Å²) in [6.07, 6.45) is 0.740. The molecule has 0 bridgehead atoms. The highest BCUT2D eigenvalue weighted by atomic mass is 16.5. The van der Waals surface area contributed by atoms with E-state index in [4.69, 9.17) is 15.2 Å². The minimum atomic E-state index is -0.247. The second-order valence-corrected chi connectivity index (χ2v) is 6.25. The van der Waals surface area contributed by atoms with Crippen LogP contribution >= 0.6 is 0 Å². The average molecular weight is 351 g/mol. The van der Waals surface area contributed by atoms with Crippen molar-refractivity contribution >= 4 is 11.8 Å². The summed E-state index contributed by atoms with van der Waals surface area (Å²) < 4.78 is 10.7. The van der Waals surface area contributed by atoms with Gasteiger partial charge in [0, 0.05) is 32.2 Å². The molecule has 0 radical (unpaired) electrons. The fraction of sp³-hybridized carbons (Fsp3) is 0.556. The summed E-state index contributed by atoms with van der Waals surface area (Å²) in [6.45, 7) is 4.59. The third kappa shape index (κ3) is 6.26. The van der Waals surface area contributed by atoms with Crippen molar-refractivity contribution in [1.29, 1.82) is 0 Å². The molecule has 0 aliphatic carbocycles. The van der Waals surface area contributed by atoms with Crippen molar-refractivity contribution in [3.05, 3.63) is 23.8 Å². The van der Waals surface area contributed by atoms with Gasteiger partial charge in [0.05, 0.1) is 7.11 Å². The second kappa shape index (κ2) is 9.88. The second-order valence-electron chi connectivity index (χ2n) is 6.25. The van der Waals surface area contributed by atoms with Gasteiger partial charge in [-0.05, 0) is 30.5 Å². The van der Waals surface area contributed by atoms with Gasteiger partial charge in [-0.2, -0.15) is 0 Å². The molecule has 1 atom stereocenters. The number of rotatable bonds is 9.